The van der Waals surface area contributed by atoms with Crippen molar-refractivity contribution in [3.05, 3.63) is 40.1 Å². The topological polar surface area (TPSA) is 78.9 Å². The molecule has 0 spiro atoms. The number of rotatable bonds is 9. The summed E-state index contributed by atoms with van der Waals surface area (Å²) < 4.78 is 36.4. The average Bonchev–Trinajstić information content (AvgIpc) is 2.67. The molecule has 1 aromatic heterocycles. The number of benzene rings is 1. The van der Waals surface area contributed by atoms with Crippen molar-refractivity contribution in [3.8, 4) is 17.2 Å². The normalized spacial score (nSPS) is 13.3. The molecule has 1 atom stereocenters. The molecule has 7 nitrogen and oxygen atoms in total. The van der Waals surface area contributed by atoms with Crippen LogP contribution in [0.4, 0.5) is 5.82 Å². The van der Waals surface area contributed by atoms with Crippen molar-refractivity contribution in [1.29, 1.82) is 0 Å². The fourth-order valence-corrected chi connectivity index (χ4v) is 4.46. The molecule has 0 saturated heterocycles. The number of nitrogens with one attached hydrogen (secondary N) is 1. The maximum absolute atomic E-state index is 13.4. The van der Waals surface area contributed by atoms with Crippen LogP contribution in [0.1, 0.15) is 67.3 Å². The molecule has 1 heterocycles. The third kappa shape index (κ3) is 5.34. The van der Waals surface area contributed by atoms with Gasteiger partial charge in [0.25, 0.3) is 0 Å². The van der Waals surface area contributed by atoms with Gasteiger partial charge < -0.3 is 14.0 Å². The zero-order valence-electron chi connectivity index (χ0n) is 20.2. The minimum atomic E-state index is -3.57. The van der Waals surface area contributed by atoms with E-state index in [1.165, 1.54) is 6.66 Å². The van der Waals surface area contributed by atoms with Crippen LogP contribution in [0, 0.1) is 20.8 Å². The predicted octanol–water partition coefficient (Wildman–Crippen LogP) is 6.52. The molecule has 0 aliphatic rings. The Morgan fingerprint density at radius 2 is 1.48 bits per heavy atom. The van der Waals surface area contributed by atoms with E-state index in [4.69, 9.17) is 18.6 Å². The first-order chi connectivity index (χ1) is 14.4. The standard InChI is InChI=1S/C23H35N2O5P/c1-13(2)18-17(7)20(27-8)22(28-9)19(14(3)4)21(18)29-31(10,26)30-25-23-16(6)15(5)11-12-24-23/h11-14H,1-10H3,(H,24,25). The van der Waals surface area contributed by atoms with Gasteiger partial charge in [-0.05, 0) is 49.8 Å². The lowest BCUT2D eigenvalue weighted by molar-refractivity contribution is 0.314. The molecule has 0 aliphatic carbocycles. The smallest absolute Gasteiger partial charge is 0.397 e. The summed E-state index contributed by atoms with van der Waals surface area (Å²) in [5.74, 6) is 2.39. The molecule has 31 heavy (non-hydrogen) atoms. The second-order valence-electron chi connectivity index (χ2n) is 8.31. The van der Waals surface area contributed by atoms with E-state index in [1.807, 2.05) is 40.7 Å². The van der Waals surface area contributed by atoms with Crippen molar-refractivity contribution in [1.82, 2.24) is 4.98 Å². The SMILES string of the molecule is COc1c(C)c(C(C)C)c(OP(C)(=O)ONc2nccc(C)c2C)c(C(C)C)c1OC. The van der Waals surface area contributed by atoms with Crippen LogP contribution < -0.4 is 19.5 Å². The Morgan fingerprint density at radius 1 is 0.903 bits per heavy atom. The Morgan fingerprint density at radius 3 is 2.00 bits per heavy atom. The van der Waals surface area contributed by atoms with E-state index in [-0.39, 0.29) is 11.8 Å². The molecule has 2 aromatic rings. The number of methoxy groups -OCH3 is 2. The zero-order chi connectivity index (χ0) is 23.5. The number of ether oxygens (including phenoxy) is 2. The fourth-order valence-electron chi connectivity index (χ4n) is 3.65. The molecular weight excluding hydrogens is 415 g/mol. The van der Waals surface area contributed by atoms with Gasteiger partial charge in [0, 0.05) is 22.9 Å². The second-order valence-corrected chi connectivity index (χ2v) is 10.2. The number of pyridine rings is 1. The Balaban J connectivity index is 2.54. The average molecular weight is 451 g/mol. The summed E-state index contributed by atoms with van der Waals surface area (Å²) in [6, 6.07) is 1.90. The monoisotopic (exact) mass is 450 g/mol. The van der Waals surface area contributed by atoms with Crippen LogP contribution in [0.3, 0.4) is 0 Å². The zero-order valence-corrected chi connectivity index (χ0v) is 21.1. The summed E-state index contributed by atoms with van der Waals surface area (Å²) in [7, 11) is -0.355. The molecule has 0 radical (unpaired) electrons. The molecule has 0 bridgehead atoms. The molecule has 2 rings (SSSR count). The van der Waals surface area contributed by atoms with Gasteiger partial charge >= 0.3 is 7.60 Å². The number of aryl methyl sites for hydroxylation is 1. The molecule has 0 saturated carbocycles. The van der Waals surface area contributed by atoms with Crippen molar-refractivity contribution in [2.24, 2.45) is 0 Å². The third-order valence-electron chi connectivity index (χ3n) is 5.29. The molecule has 1 aromatic carbocycles. The highest BCUT2D eigenvalue weighted by Crippen LogP contribution is 2.54. The van der Waals surface area contributed by atoms with Crippen LogP contribution in [0.2, 0.25) is 0 Å². The molecule has 8 heteroatoms. The number of nitrogens with zero attached hydrogens (tertiary/aromatic N) is 1. The van der Waals surface area contributed by atoms with Crippen molar-refractivity contribution < 1.29 is 23.2 Å². The van der Waals surface area contributed by atoms with Crippen LogP contribution in [-0.2, 0) is 9.19 Å². The van der Waals surface area contributed by atoms with Crippen LogP contribution in [0.5, 0.6) is 17.2 Å². The summed E-state index contributed by atoms with van der Waals surface area (Å²) in [4.78, 5) is 4.26. The van der Waals surface area contributed by atoms with Gasteiger partial charge in [-0.3, -0.25) is 0 Å². The maximum atomic E-state index is 13.4. The largest absolute Gasteiger partial charge is 0.493 e. The van der Waals surface area contributed by atoms with E-state index >= 15 is 0 Å². The molecule has 0 aliphatic heterocycles. The first kappa shape index (κ1) is 25.0. The van der Waals surface area contributed by atoms with Crippen molar-refractivity contribution in [3.63, 3.8) is 0 Å². The maximum Gasteiger partial charge on any atom is 0.397 e. The number of hydrogen-bond donors (Lipinski definition) is 1. The van der Waals surface area contributed by atoms with Gasteiger partial charge in [0.1, 0.15) is 5.75 Å². The summed E-state index contributed by atoms with van der Waals surface area (Å²) in [5.41, 5.74) is 7.28. The van der Waals surface area contributed by atoms with Gasteiger partial charge in [-0.15, -0.1) is 0 Å². The van der Waals surface area contributed by atoms with Gasteiger partial charge in [0.15, 0.2) is 17.3 Å². The Kier molecular flexibility index (Phi) is 8.01. The summed E-state index contributed by atoms with van der Waals surface area (Å²) in [6.45, 7) is 15.5. The van der Waals surface area contributed by atoms with Crippen molar-refractivity contribution >= 4 is 13.4 Å². The van der Waals surface area contributed by atoms with E-state index in [1.54, 1.807) is 20.4 Å². The first-order valence-electron chi connectivity index (χ1n) is 10.4. The highest BCUT2D eigenvalue weighted by atomic mass is 31.2. The summed E-state index contributed by atoms with van der Waals surface area (Å²) in [5, 5.41) is 0. The Labute approximate surface area is 186 Å². The number of aromatic nitrogens is 1. The van der Waals surface area contributed by atoms with E-state index in [9.17, 15) is 4.57 Å². The molecule has 172 valence electrons. The summed E-state index contributed by atoms with van der Waals surface area (Å²) in [6.07, 6.45) is 1.67. The Hall–Kier alpha value is -2.24. The predicted molar refractivity (Wildman–Crippen MR) is 125 cm³/mol. The fraction of sp³-hybridized carbons (Fsp3) is 0.522. The van der Waals surface area contributed by atoms with Crippen LogP contribution >= 0.6 is 7.60 Å². The minimum Gasteiger partial charge on any atom is -0.493 e. The molecule has 1 N–H and O–H groups in total. The van der Waals surface area contributed by atoms with Gasteiger partial charge in [-0.1, -0.05) is 27.7 Å². The second kappa shape index (κ2) is 9.92. The molecule has 0 amide bonds. The summed E-state index contributed by atoms with van der Waals surface area (Å²) >= 11 is 0. The van der Waals surface area contributed by atoms with Crippen molar-refractivity contribution in [2.45, 2.75) is 60.3 Å². The first-order valence-corrected chi connectivity index (χ1v) is 12.4. The lowest BCUT2D eigenvalue weighted by atomic mass is 9.89. The highest BCUT2D eigenvalue weighted by Gasteiger charge is 2.32. The lowest BCUT2D eigenvalue weighted by Crippen LogP contribution is -2.11. The lowest BCUT2D eigenvalue weighted by Gasteiger charge is -2.28. The number of anilines is 1. The van der Waals surface area contributed by atoms with Crippen LogP contribution in [0.15, 0.2) is 12.3 Å². The quantitative estimate of drug-likeness (QED) is 0.344. The van der Waals surface area contributed by atoms with E-state index in [0.717, 1.165) is 27.8 Å². The van der Waals surface area contributed by atoms with Crippen LogP contribution in [0.25, 0.3) is 0 Å². The van der Waals surface area contributed by atoms with Crippen LogP contribution in [-0.4, -0.2) is 25.9 Å². The third-order valence-corrected chi connectivity index (χ3v) is 6.22. The highest BCUT2D eigenvalue weighted by molar-refractivity contribution is 7.53. The number of hydrogen-bond acceptors (Lipinski definition) is 7. The van der Waals surface area contributed by atoms with Gasteiger partial charge in [-0.2, -0.15) is 4.62 Å². The Bertz CT molecular complexity index is 989. The molecule has 1 unspecified atom stereocenters. The van der Waals surface area contributed by atoms with E-state index in [2.05, 4.69) is 24.3 Å². The molecular formula is C23H35N2O5P. The minimum absolute atomic E-state index is 0.0330. The van der Waals surface area contributed by atoms with Gasteiger partial charge in [0.2, 0.25) is 0 Å². The van der Waals surface area contributed by atoms with E-state index in [0.29, 0.717) is 23.1 Å². The van der Waals surface area contributed by atoms with E-state index < -0.39 is 7.60 Å². The van der Waals surface area contributed by atoms with Gasteiger partial charge in [0.05, 0.1) is 20.9 Å². The molecule has 0 fully saturated rings. The van der Waals surface area contributed by atoms with Gasteiger partial charge in [-0.25, -0.2) is 15.0 Å². The van der Waals surface area contributed by atoms with Crippen molar-refractivity contribution in [2.75, 3.05) is 26.4 Å².